The van der Waals surface area contributed by atoms with Crippen LogP contribution < -0.4 is 5.32 Å². The van der Waals surface area contributed by atoms with Crippen LogP contribution in [-0.2, 0) is 0 Å². The molecule has 4 nitrogen and oxygen atoms in total. The van der Waals surface area contributed by atoms with Gasteiger partial charge in [-0.25, -0.2) is 0 Å². The number of anilines is 1. The number of aliphatic hydroxyl groups excluding tert-OH is 1. The summed E-state index contributed by atoms with van der Waals surface area (Å²) in [5.41, 5.74) is 1.51. The quantitative estimate of drug-likeness (QED) is 0.827. The van der Waals surface area contributed by atoms with Crippen molar-refractivity contribution in [2.75, 3.05) is 11.9 Å². The first-order valence-electron chi connectivity index (χ1n) is 5.84. The van der Waals surface area contributed by atoms with Gasteiger partial charge in [-0.05, 0) is 36.4 Å². The van der Waals surface area contributed by atoms with Crippen LogP contribution in [0, 0.1) is 11.8 Å². The Bertz CT molecular complexity index is 589. The van der Waals surface area contributed by atoms with Crippen LogP contribution >= 0.6 is 0 Å². The highest BCUT2D eigenvalue weighted by Gasteiger charge is 2.07. The van der Waals surface area contributed by atoms with Crippen LogP contribution in [0.2, 0.25) is 0 Å². The number of hydrogen-bond donors (Lipinski definition) is 2. The van der Waals surface area contributed by atoms with E-state index >= 15 is 0 Å². The number of amides is 1. The van der Waals surface area contributed by atoms with E-state index in [4.69, 9.17) is 9.52 Å². The van der Waals surface area contributed by atoms with Crippen LogP contribution in [0.15, 0.2) is 47.1 Å². The Morgan fingerprint density at radius 2 is 2.05 bits per heavy atom. The molecule has 0 radical (unpaired) electrons. The Balaban J connectivity index is 1.99. The van der Waals surface area contributed by atoms with Gasteiger partial charge in [0, 0.05) is 17.7 Å². The van der Waals surface area contributed by atoms with Crippen LogP contribution in [0.4, 0.5) is 5.69 Å². The van der Waals surface area contributed by atoms with Gasteiger partial charge in [0.25, 0.3) is 5.91 Å². The summed E-state index contributed by atoms with van der Waals surface area (Å²) in [6, 6.07) is 10.4. The van der Waals surface area contributed by atoms with E-state index in [1.54, 1.807) is 24.3 Å². The number of benzene rings is 1. The van der Waals surface area contributed by atoms with Crippen LogP contribution in [0.25, 0.3) is 0 Å². The number of rotatable bonds is 3. The fourth-order valence-electron chi connectivity index (χ4n) is 1.46. The molecule has 0 saturated heterocycles. The minimum atomic E-state index is -0.288. The molecule has 0 aliphatic carbocycles. The first kappa shape index (κ1) is 12.9. The van der Waals surface area contributed by atoms with E-state index < -0.39 is 0 Å². The largest absolute Gasteiger partial charge is 0.459 e. The lowest BCUT2D eigenvalue weighted by molar-refractivity contribution is 0.0996. The molecule has 0 aliphatic rings. The molecule has 1 aromatic carbocycles. The molecule has 2 aromatic rings. The molecular weight excluding hydrogens is 242 g/mol. The van der Waals surface area contributed by atoms with Gasteiger partial charge in [0.1, 0.15) is 0 Å². The third-order valence-electron chi connectivity index (χ3n) is 2.36. The Hall–Kier alpha value is -2.51. The standard InChI is InChI=1S/C15H13NO3/c17-10-2-1-4-12-6-8-13(9-7-12)16-15(18)14-5-3-11-19-14/h3,5-9,11,17H,2,10H2,(H,16,18). The van der Waals surface area contributed by atoms with Crippen molar-refractivity contribution < 1.29 is 14.3 Å². The summed E-state index contributed by atoms with van der Waals surface area (Å²) in [5.74, 6) is 5.73. The van der Waals surface area contributed by atoms with Gasteiger partial charge in [-0.1, -0.05) is 11.8 Å². The molecule has 1 amide bonds. The lowest BCUT2D eigenvalue weighted by Gasteiger charge is -2.02. The Morgan fingerprint density at radius 1 is 1.26 bits per heavy atom. The van der Waals surface area contributed by atoms with Crippen molar-refractivity contribution in [3.8, 4) is 11.8 Å². The van der Waals surface area contributed by atoms with E-state index in [-0.39, 0.29) is 18.3 Å². The zero-order valence-electron chi connectivity index (χ0n) is 10.2. The molecule has 1 heterocycles. The maximum atomic E-state index is 11.7. The number of carbonyl (C=O) groups is 1. The number of aliphatic hydroxyl groups is 1. The van der Waals surface area contributed by atoms with Crippen molar-refractivity contribution in [3.63, 3.8) is 0 Å². The van der Waals surface area contributed by atoms with Crippen molar-refractivity contribution >= 4 is 11.6 Å². The molecule has 0 atom stereocenters. The number of furan rings is 1. The predicted octanol–water partition coefficient (Wildman–Crippen LogP) is 2.27. The minimum Gasteiger partial charge on any atom is -0.459 e. The molecule has 0 bridgehead atoms. The average Bonchev–Trinajstić information content (AvgIpc) is 2.95. The SMILES string of the molecule is O=C(Nc1ccc(C#CCCO)cc1)c1ccco1. The van der Waals surface area contributed by atoms with Gasteiger partial charge in [-0.3, -0.25) is 4.79 Å². The Labute approximate surface area is 111 Å². The lowest BCUT2D eigenvalue weighted by Crippen LogP contribution is -2.10. The third-order valence-corrected chi connectivity index (χ3v) is 2.36. The number of hydrogen-bond acceptors (Lipinski definition) is 3. The molecule has 0 fully saturated rings. The summed E-state index contributed by atoms with van der Waals surface area (Å²) >= 11 is 0. The summed E-state index contributed by atoms with van der Waals surface area (Å²) < 4.78 is 5.00. The predicted molar refractivity (Wildman–Crippen MR) is 71.7 cm³/mol. The fraction of sp³-hybridized carbons (Fsp3) is 0.133. The maximum absolute atomic E-state index is 11.7. The zero-order chi connectivity index (χ0) is 13.5. The number of carbonyl (C=O) groups excluding carboxylic acids is 1. The molecule has 4 heteroatoms. The highest BCUT2D eigenvalue weighted by molar-refractivity contribution is 6.02. The Kier molecular flexibility index (Phi) is 4.38. The zero-order valence-corrected chi connectivity index (χ0v) is 10.2. The van der Waals surface area contributed by atoms with Gasteiger partial charge in [0.15, 0.2) is 5.76 Å². The smallest absolute Gasteiger partial charge is 0.291 e. The van der Waals surface area contributed by atoms with Gasteiger partial charge in [0.2, 0.25) is 0 Å². The van der Waals surface area contributed by atoms with Gasteiger partial charge in [-0.2, -0.15) is 0 Å². The molecule has 1 aromatic heterocycles. The van der Waals surface area contributed by atoms with Crippen LogP contribution in [-0.4, -0.2) is 17.6 Å². The first-order valence-corrected chi connectivity index (χ1v) is 5.84. The molecule has 0 saturated carbocycles. The topological polar surface area (TPSA) is 62.5 Å². The second kappa shape index (κ2) is 6.43. The lowest BCUT2D eigenvalue weighted by atomic mass is 10.2. The normalized spacial score (nSPS) is 9.53. The number of nitrogens with one attached hydrogen (secondary N) is 1. The molecule has 0 spiro atoms. The van der Waals surface area contributed by atoms with Crippen molar-refractivity contribution in [2.45, 2.75) is 6.42 Å². The first-order chi connectivity index (χ1) is 9.29. The van der Waals surface area contributed by atoms with Gasteiger partial charge < -0.3 is 14.8 Å². The molecule has 2 N–H and O–H groups in total. The Morgan fingerprint density at radius 3 is 2.68 bits per heavy atom. The molecule has 19 heavy (non-hydrogen) atoms. The van der Waals surface area contributed by atoms with E-state index in [1.165, 1.54) is 6.26 Å². The van der Waals surface area contributed by atoms with Crippen LogP contribution in [0.1, 0.15) is 22.5 Å². The van der Waals surface area contributed by atoms with Gasteiger partial charge in [0.05, 0.1) is 12.9 Å². The monoisotopic (exact) mass is 255 g/mol. The fourth-order valence-corrected chi connectivity index (χ4v) is 1.46. The molecule has 0 aliphatic heterocycles. The third kappa shape index (κ3) is 3.73. The minimum absolute atomic E-state index is 0.0598. The van der Waals surface area contributed by atoms with Crippen LogP contribution in [0.3, 0.4) is 0 Å². The van der Waals surface area contributed by atoms with Gasteiger partial charge in [-0.15, -0.1) is 0 Å². The van der Waals surface area contributed by atoms with Crippen LogP contribution in [0.5, 0.6) is 0 Å². The summed E-state index contributed by atoms with van der Waals surface area (Å²) in [4.78, 5) is 11.7. The summed E-state index contributed by atoms with van der Waals surface area (Å²) in [6.45, 7) is 0.0598. The van der Waals surface area contributed by atoms with Crippen molar-refractivity contribution in [3.05, 3.63) is 54.0 Å². The molecule has 2 rings (SSSR count). The molecule has 0 unspecified atom stereocenters. The summed E-state index contributed by atoms with van der Waals surface area (Å²) in [7, 11) is 0. The second-order valence-electron chi connectivity index (χ2n) is 3.78. The second-order valence-corrected chi connectivity index (χ2v) is 3.78. The summed E-state index contributed by atoms with van der Waals surface area (Å²) in [5, 5.41) is 11.3. The van der Waals surface area contributed by atoms with Crippen molar-refractivity contribution in [2.24, 2.45) is 0 Å². The highest BCUT2D eigenvalue weighted by Crippen LogP contribution is 2.11. The molecular formula is C15H13NO3. The molecule has 96 valence electrons. The van der Waals surface area contributed by atoms with Gasteiger partial charge >= 0.3 is 0 Å². The van der Waals surface area contributed by atoms with E-state index in [1.807, 2.05) is 12.1 Å². The van der Waals surface area contributed by atoms with E-state index in [0.717, 1.165) is 5.56 Å². The maximum Gasteiger partial charge on any atom is 0.291 e. The van der Waals surface area contributed by atoms with E-state index in [0.29, 0.717) is 12.1 Å². The van der Waals surface area contributed by atoms with E-state index in [9.17, 15) is 4.79 Å². The van der Waals surface area contributed by atoms with Crippen molar-refractivity contribution in [1.82, 2.24) is 0 Å². The highest BCUT2D eigenvalue weighted by atomic mass is 16.3. The van der Waals surface area contributed by atoms with E-state index in [2.05, 4.69) is 17.2 Å². The summed E-state index contributed by atoms with van der Waals surface area (Å²) in [6.07, 6.45) is 1.91. The average molecular weight is 255 g/mol. The van der Waals surface area contributed by atoms with Crippen molar-refractivity contribution in [1.29, 1.82) is 0 Å².